The molecule has 0 spiro atoms. The van der Waals surface area contributed by atoms with Crippen LogP contribution in [-0.4, -0.2) is 15.7 Å². The summed E-state index contributed by atoms with van der Waals surface area (Å²) in [6, 6.07) is 19.1. The average molecular weight is 354 g/mol. The number of nitrogens with one attached hydrogen (secondary N) is 1. The van der Waals surface area contributed by atoms with Crippen LogP contribution in [0.2, 0.25) is 5.02 Å². The molecule has 5 heteroatoms. The Morgan fingerprint density at radius 1 is 1.04 bits per heavy atom. The van der Waals surface area contributed by atoms with E-state index in [1.165, 1.54) is 0 Å². The summed E-state index contributed by atoms with van der Waals surface area (Å²) >= 11 is 6.10. The summed E-state index contributed by atoms with van der Waals surface area (Å²) in [6.45, 7) is 5.64. The number of carbonyl (C=O) groups is 1. The Balaban J connectivity index is 2.07. The molecule has 128 valence electrons. The van der Waals surface area contributed by atoms with Gasteiger partial charge in [-0.15, -0.1) is 0 Å². The number of anilines is 1. The molecule has 0 unspecified atom stereocenters. The van der Waals surface area contributed by atoms with Gasteiger partial charge >= 0.3 is 0 Å². The fourth-order valence-corrected chi connectivity index (χ4v) is 2.52. The van der Waals surface area contributed by atoms with Gasteiger partial charge in [-0.25, -0.2) is 4.68 Å². The summed E-state index contributed by atoms with van der Waals surface area (Å²) in [5.74, 6) is 0.559. The Hall–Kier alpha value is -2.59. The maximum Gasteiger partial charge on any atom is 0.230 e. The number of amides is 1. The first-order valence-corrected chi connectivity index (χ1v) is 8.45. The number of aromatic nitrogens is 2. The van der Waals surface area contributed by atoms with Crippen LogP contribution in [0.25, 0.3) is 16.9 Å². The second-order valence-corrected chi connectivity index (χ2v) is 7.31. The van der Waals surface area contributed by atoms with Gasteiger partial charge in [-0.1, -0.05) is 62.7 Å². The third-order valence-corrected chi connectivity index (χ3v) is 3.99. The third kappa shape index (κ3) is 3.91. The van der Waals surface area contributed by atoms with Crippen LogP contribution >= 0.6 is 11.6 Å². The van der Waals surface area contributed by atoms with Crippen molar-refractivity contribution in [3.63, 3.8) is 0 Å². The monoisotopic (exact) mass is 353 g/mol. The molecule has 0 aliphatic carbocycles. The lowest BCUT2D eigenvalue weighted by Crippen LogP contribution is -2.28. The normalized spacial score (nSPS) is 11.4. The molecule has 1 amide bonds. The van der Waals surface area contributed by atoms with Crippen molar-refractivity contribution in [3.8, 4) is 16.9 Å². The van der Waals surface area contributed by atoms with E-state index < -0.39 is 5.41 Å². The Kier molecular flexibility index (Phi) is 4.64. The summed E-state index contributed by atoms with van der Waals surface area (Å²) in [7, 11) is 0. The molecule has 0 radical (unpaired) electrons. The zero-order valence-corrected chi connectivity index (χ0v) is 15.2. The van der Waals surface area contributed by atoms with E-state index in [-0.39, 0.29) is 5.91 Å². The fraction of sp³-hybridized carbons (Fsp3) is 0.200. The molecular weight excluding hydrogens is 334 g/mol. The van der Waals surface area contributed by atoms with E-state index in [4.69, 9.17) is 11.6 Å². The maximum absolute atomic E-state index is 12.4. The molecule has 3 rings (SSSR count). The second-order valence-electron chi connectivity index (χ2n) is 6.88. The third-order valence-electron chi connectivity index (χ3n) is 3.75. The van der Waals surface area contributed by atoms with E-state index in [0.29, 0.717) is 10.8 Å². The van der Waals surface area contributed by atoms with Gasteiger partial charge in [0.2, 0.25) is 5.91 Å². The summed E-state index contributed by atoms with van der Waals surface area (Å²) in [5.41, 5.74) is 2.02. The lowest BCUT2D eigenvalue weighted by atomic mass is 9.96. The van der Waals surface area contributed by atoms with Gasteiger partial charge < -0.3 is 5.32 Å². The minimum atomic E-state index is -0.498. The number of halogens is 1. The lowest BCUT2D eigenvalue weighted by Gasteiger charge is -2.18. The summed E-state index contributed by atoms with van der Waals surface area (Å²) in [4.78, 5) is 12.4. The molecule has 0 aliphatic heterocycles. The molecule has 0 saturated heterocycles. The highest BCUT2D eigenvalue weighted by Crippen LogP contribution is 2.27. The number of nitrogens with zero attached hydrogens (tertiary/aromatic N) is 2. The molecule has 0 saturated carbocycles. The Morgan fingerprint density at radius 2 is 1.76 bits per heavy atom. The number of rotatable bonds is 3. The van der Waals surface area contributed by atoms with Crippen molar-refractivity contribution in [2.75, 3.05) is 5.32 Å². The van der Waals surface area contributed by atoms with Gasteiger partial charge in [-0.2, -0.15) is 5.10 Å². The predicted octanol–water partition coefficient (Wildman–Crippen LogP) is 5.18. The highest BCUT2D eigenvalue weighted by Gasteiger charge is 2.23. The van der Waals surface area contributed by atoms with Gasteiger partial charge in [0.25, 0.3) is 0 Å². The molecule has 0 bridgehead atoms. The smallest absolute Gasteiger partial charge is 0.230 e. The second kappa shape index (κ2) is 6.73. The van der Waals surface area contributed by atoms with E-state index in [2.05, 4.69) is 10.4 Å². The molecule has 0 aliphatic rings. The lowest BCUT2D eigenvalue weighted by molar-refractivity contribution is -0.123. The summed E-state index contributed by atoms with van der Waals surface area (Å²) < 4.78 is 1.74. The fourth-order valence-electron chi connectivity index (χ4n) is 2.33. The Labute approximate surface area is 152 Å². The van der Waals surface area contributed by atoms with Crippen LogP contribution in [0.1, 0.15) is 20.8 Å². The molecule has 0 fully saturated rings. The van der Waals surface area contributed by atoms with Crippen molar-refractivity contribution in [1.29, 1.82) is 0 Å². The largest absolute Gasteiger partial charge is 0.310 e. The minimum absolute atomic E-state index is 0.0674. The number of benzene rings is 2. The minimum Gasteiger partial charge on any atom is -0.310 e. The van der Waals surface area contributed by atoms with E-state index in [1.54, 1.807) is 4.68 Å². The molecule has 4 nitrogen and oxygen atoms in total. The zero-order valence-electron chi connectivity index (χ0n) is 14.5. The Morgan fingerprint density at radius 3 is 2.40 bits per heavy atom. The van der Waals surface area contributed by atoms with E-state index in [9.17, 15) is 4.79 Å². The first-order chi connectivity index (χ1) is 11.8. The van der Waals surface area contributed by atoms with Crippen LogP contribution < -0.4 is 5.32 Å². The number of hydrogen-bond acceptors (Lipinski definition) is 2. The van der Waals surface area contributed by atoms with Gasteiger partial charge in [0, 0.05) is 22.1 Å². The number of carbonyl (C=O) groups excluding carboxylic acids is 1. The first kappa shape index (κ1) is 17.2. The highest BCUT2D eigenvalue weighted by molar-refractivity contribution is 6.30. The first-order valence-electron chi connectivity index (χ1n) is 8.07. The molecule has 1 N–H and O–H groups in total. The van der Waals surface area contributed by atoms with Crippen LogP contribution in [-0.2, 0) is 4.79 Å². The van der Waals surface area contributed by atoms with E-state index >= 15 is 0 Å². The van der Waals surface area contributed by atoms with Crippen molar-refractivity contribution in [1.82, 2.24) is 9.78 Å². The van der Waals surface area contributed by atoms with E-state index in [1.807, 2.05) is 81.4 Å². The van der Waals surface area contributed by atoms with Crippen LogP contribution in [0.3, 0.4) is 0 Å². The van der Waals surface area contributed by atoms with Crippen molar-refractivity contribution in [2.24, 2.45) is 5.41 Å². The van der Waals surface area contributed by atoms with Gasteiger partial charge in [0.1, 0.15) is 5.82 Å². The molecule has 1 aromatic heterocycles. The summed E-state index contributed by atoms with van der Waals surface area (Å²) in [6.07, 6.45) is 0. The molecule has 1 heterocycles. The molecular formula is C20H20ClN3O. The topological polar surface area (TPSA) is 46.9 Å². The van der Waals surface area contributed by atoms with Gasteiger partial charge in [0.05, 0.1) is 11.4 Å². The average Bonchev–Trinajstić information content (AvgIpc) is 2.99. The van der Waals surface area contributed by atoms with Crippen LogP contribution in [0, 0.1) is 5.41 Å². The van der Waals surface area contributed by atoms with Crippen LogP contribution in [0.5, 0.6) is 0 Å². The summed E-state index contributed by atoms with van der Waals surface area (Å²) in [5, 5.41) is 8.30. The zero-order chi connectivity index (χ0) is 18.0. The maximum atomic E-state index is 12.4. The van der Waals surface area contributed by atoms with Crippen LogP contribution in [0.15, 0.2) is 60.7 Å². The highest BCUT2D eigenvalue weighted by atomic mass is 35.5. The van der Waals surface area contributed by atoms with Crippen molar-refractivity contribution in [2.45, 2.75) is 20.8 Å². The quantitative estimate of drug-likeness (QED) is 0.705. The van der Waals surface area contributed by atoms with Crippen molar-refractivity contribution >= 4 is 23.3 Å². The molecule has 3 aromatic rings. The number of para-hydroxylation sites is 1. The Bertz CT molecular complexity index is 895. The predicted molar refractivity (Wildman–Crippen MR) is 102 cm³/mol. The van der Waals surface area contributed by atoms with Gasteiger partial charge in [-0.3, -0.25) is 4.79 Å². The standard InChI is InChI=1S/C20H20ClN3O/c1-20(2,3)19(25)22-18-13-17(14-8-7-9-15(21)12-14)23-24(18)16-10-5-4-6-11-16/h4-13H,1-3H3,(H,22,25). The number of hydrogen-bond donors (Lipinski definition) is 1. The van der Waals surface area contributed by atoms with E-state index in [0.717, 1.165) is 16.9 Å². The van der Waals surface area contributed by atoms with Crippen LogP contribution in [0.4, 0.5) is 5.82 Å². The molecule has 2 aromatic carbocycles. The van der Waals surface area contributed by atoms with Gasteiger partial charge in [0.15, 0.2) is 0 Å². The van der Waals surface area contributed by atoms with Crippen molar-refractivity contribution in [3.05, 3.63) is 65.7 Å². The molecule has 0 atom stereocenters. The SMILES string of the molecule is CC(C)(C)C(=O)Nc1cc(-c2cccc(Cl)c2)nn1-c1ccccc1. The van der Waals surface area contributed by atoms with Crippen molar-refractivity contribution < 1.29 is 4.79 Å². The van der Waals surface area contributed by atoms with Gasteiger partial charge in [-0.05, 0) is 24.3 Å². The molecule has 25 heavy (non-hydrogen) atoms.